The van der Waals surface area contributed by atoms with Gasteiger partial charge in [0, 0.05) is 0 Å². The van der Waals surface area contributed by atoms with Gasteiger partial charge >= 0.3 is 0 Å². The second-order valence-corrected chi connectivity index (χ2v) is 5.78. The fourth-order valence-corrected chi connectivity index (χ4v) is 2.61. The predicted octanol–water partition coefficient (Wildman–Crippen LogP) is 3.64. The van der Waals surface area contributed by atoms with Crippen molar-refractivity contribution >= 4 is 0 Å². The summed E-state index contributed by atoms with van der Waals surface area (Å²) in [7, 11) is 4.10. The van der Waals surface area contributed by atoms with E-state index in [4.69, 9.17) is 0 Å². The summed E-state index contributed by atoms with van der Waals surface area (Å²) >= 11 is 0. The molecule has 0 amide bonds. The standard InChI is InChI=1S/C19H22N2/c1-21(2)14-13-19(16-20,18-11-7-4-8-12-18)15-17-9-5-3-6-10-17/h3-12H,13-15H2,1-2H3. The highest BCUT2D eigenvalue weighted by Gasteiger charge is 2.32. The van der Waals surface area contributed by atoms with Crippen molar-refractivity contribution in [2.45, 2.75) is 18.3 Å². The lowest BCUT2D eigenvalue weighted by atomic mass is 9.74. The average Bonchev–Trinajstić information content (AvgIpc) is 2.53. The van der Waals surface area contributed by atoms with Crippen molar-refractivity contribution in [1.29, 1.82) is 5.26 Å². The Morgan fingerprint density at radius 1 is 0.952 bits per heavy atom. The van der Waals surface area contributed by atoms with Crippen LogP contribution in [0.2, 0.25) is 0 Å². The molecule has 0 saturated heterocycles. The van der Waals surface area contributed by atoms with Crippen molar-refractivity contribution in [1.82, 2.24) is 4.90 Å². The molecule has 0 aliphatic carbocycles. The van der Waals surface area contributed by atoms with Crippen LogP contribution in [0.1, 0.15) is 17.5 Å². The quantitative estimate of drug-likeness (QED) is 0.806. The third-order valence-electron chi connectivity index (χ3n) is 3.87. The van der Waals surface area contributed by atoms with E-state index in [1.54, 1.807) is 0 Å². The highest BCUT2D eigenvalue weighted by molar-refractivity contribution is 5.36. The summed E-state index contributed by atoms with van der Waals surface area (Å²) in [6.07, 6.45) is 1.58. The molecular formula is C19H22N2. The number of benzene rings is 2. The summed E-state index contributed by atoms with van der Waals surface area (Å²) in [4.78, 5) is 2.14. The van der Waals surface area contributed by atoms with E-state index >= 15 is 0 Å². The van der Waals surface area contributed by atoms with Gasteiger partial charge < -0.3 is 4.90 Å². The van der Waals surface area contributed by atoms with E-state index < -0.39 is 5.41 Å². The fourth-order valence-electron chi connectivity index (χ4n) is 2.61. The lowest BCUT2D eigenvalue weighted by Gasteiger charge is -2.29. The van der Waals surface area contributed by atoms with Crippen LogP contribution in [-0.2, 0) is 11.8 Å². The van der Waals surface area contributed by atoms with Crippen LogP contribution in [0.5, 0.6) is 0 Å². The van der Waals surface area contributed by atoms with Crippen molar-refractivity contribution in [3.63, 3.8) is 0 Å². The molecule has 0 bridgehead atoms. The normalized spacial score (nSPS) is 13.6. The van der Waals surface area contributed by atoms with Gasteiger partial charge in [0.1, 0.15) is 0 Å². The van der Waals surface area contributed by atoms with E-state index in [9.17, 15) is 5.26 Å². The highest BCUT2D eigenvalue weighted by atomic mass is 15.0. The number of hydrogen-bond acceptors (Lipinski definition) is 2. The maximum Gasteiger partial charge on any atom is 0.0874 e. The topological polar surface area (TPSA) is 27.0 Å². The van der Waals surface area contributed by atoms with Crippen LogP contribution in [-0.4, -0.2) is 25.5 Å². The molecule has 108 valence electrons. The molecule has 1 atom stereocenters. The van der Waals surface area contributed by atoms with E-state index in [-0.39, 0.29) is 0 Å². The SMILES string of the molecule is CN(C)CCC(C#N)(Cc1ccccc1)c1ccccc1. The van der Waals surface area contributed by atoms with Crippen LogP contribution in [0, 0.1) is 11.3 Å². The zero-order valence-electron chi connectivity index (χ0n) is 12.8. The maximum atomic E-state index is 9.94. The monoisotopic (exact) mass is 278 g/mol. The van der Waals surface area contributed by atoms with Gasteiger partial charge in [-0.2, -0.15) is 5.26 Å². The molecule has 0 saturated carbocycles. The van der Waals surface area contributed by atoms with Crippen LogP contribution in [0.4, 0.5) is 0 Å². The predicted molar refractivity (Wildman–Crippen MR) is 87.1 cm³/mol. The van der Waals surface area contributed by atoms with E-state index in [2.05, 4.69) is 49.3 Å². The van der Waals surface area contributed by atoms with Crippen molar-refractivity contribution in [2.24, 2.45) is 0 Å². The van der Waals surface area contributed by atoms with Crippen LogP contribution in [0.25, 0.3) is 0 Å². The van der Waals surface area contributed by atoms with Crippen LogP contribution in [0.15, 0.2) is 60.7 Å². The van der Waals surface area contributed by atoms with Gasteiger partial charge in [-0.3, -0.25) is 0 Å². The Bertz CT molecular complexity index is 584. The van der Waals surface area contributed by atoms with Crippen molar-refractivity contribution in [3.8, 4) is 6.07 Å². The molecule has 0 aliphatic rings. The molecule has 0 heterocycles. The van der Waals surface area contributed by atoms with Crippen LogP contribution in [0.3, 0.4) is 0 Å². The van der Waals surface area contributed by atoms with E-state index in [1.165, 1.54) is 5.56 Å². The van der Waals surface area contributed by atoms with Gasteiger partial charge in [-0.1, -0.05) is 60.7 Å². The molecule has 0 N–H and O–H groups in total. The zero-order chi connectivity index (χ0) is 15.1. The molecule has 2 aromatic rings. The number of nitrogens with zero attached hydrogens (tertiary/aromatic N) is 2. The minimum absolute atomic E-state index is 0.465. The fraction of sp³-hybridized carbons (Fsp3) is 0.316. The lowest BCUT2D eigenvalue weighted by molar-refractivity contribution is 0.351. The third-order valence-corrected chi connectivity index (χ3v) is 3.87. The third kappa shape index (κ3) is 3.93. The first-order chi connectivity index (χ1) is 10.2. The molecule has 2 rings (SSSR count). The molecule has 21 heavy (non-hydrogen) atoms. The average molecular weight is 278 g/mol. The number of rotatable bonds is 6. The summed E-state index contributed by atoms with van der Waals surface area (Å²) in [5.41, 5.74) is 1.85. The van der Waals surface area contributed by atoms with Crippen molar-refractivity contribution < 1.29 is 0 Å². The maximum absolute atomic E-state index is 9.94. The first kappa shape index (κ1) is 15.3. The number of nitriles is 1. The van der Waals surface area contributed by atoms with Gasteiger partial charge in [-0.05, 0) is 44.6 Å². The second-order valence-electron chi connectivity index (χ2n) is 5.78. The molecule has 2 aromatic carbocycles. The Morgan fingerprint density at radius 3 is 2.05 bits per heavy atom. The Morgan fingerprint density at radius 2 is 1.52 bits per heavy atom. The van der Waals surface area contributed by atoms with Crippen molar-refractivity contribution in [3.05, 3.63) is 71.8 Å². The molecule has 2 heteroatoms. The smallest absolute Gasteiger partial charge is 0.0874 e. The number of hydrogen-bond donors (Lipinski definition) is 0. The Hall–Kier alpha value is -2.11. The summed E-state index contributed by atoms with van der Waals surface area (Å²) < 4.78 is 0. The molecule has 0 radical (unpaired) electrons. The van der Waals surface area contributed by atoms with Crippen molar-refractivity contribution in [2.75, 3.05) is 20.6 Å². The first-order valence-corrected chi connectivity index (χ1v) is 7.32. The van der Waals surface area contributed by atoms with Crippen LogP contribution >= 0.6 is 0 Å². The summed E-state index contributed by atoms with van der Waals surface area (Å²) in [5, 5.41) is 9.94. The van der Waals surface area contributed by atoms with E-state index in [0.29, 0.717) is 0 Å². The van der Waals surface area contributed by atoms with Gasteiger partial charge in [-0.25, -0.2) is 0 Å². The molecule has 0 spiro atoms. The minimum Gasteiger partial charge on any atom is -0.309 e. The Balaban J connectivity index is 2.35. The van der Waals surface area contributed by atoms with Gasteiger partial charge in [0.25, 0.3) is 0 Å². The van der Waals surface area contributed by atoms with E-state index in [1.807, 2.05) is 36.4 Å². The summed E-state index contributed by atoms with van der Waals surface area (Å²) in [6, 6.07) is 23.1. The molecule has 1 unspecified atom stereocenters. The van der Waals surface area contributed by atoms with E-state index in [0.717, 1.165) is 24.9 Å². The highest BCUT2D eigenvalue weighted by Crippen LogP contribution is 2.31. The molecule has 0 aromatic heterocycles. The Kier molecular flexibility index (Phi) is 5.14. The molecule has 0 aliphatic heterocycles. The Labute approximate surface area is 127 Å². The second kappa shape index (κ2) is 7.06. The first-order valence-electron chi connectivity index (χ1n) is 7.32. The molecule has 2 nitrogen and oxygen atoms in total. The van der Waals surface area contributed by atoms with Crippen LogP contribution < -0.4 is 0 Å². The van der Waals surface area contributed by atoms with Gasteiger partial charge in [0.15, 0.2) is 0 Å². The molecular weight excluding hydrogens is 256 g/mol. The van der Waals surface area contributed by atoms with Gasteiger partial charge in [0.05, 0.1) is 11.5 Å². The van der Waals surface area contributed by atoms with Gasteiger partial charge in [0.2, 0.25) is 0 Å². The zero-order valence-corrected chi connectivity index (χ0v) is 12.8. The lowest BCUT2D eigenvalue weighted by Crippen LogP contribution is -2.31. The minimum atomic E-state index is -0.465. The van der Waals surface area contributed by atoms with Gasteiger partial charge in [-0.15, -0.1) is 0 Å². The summed E-state index contributed by atoms with van der Waals surface area (Å²) in [5.74, 6) is 0. The summed E-state index contributed by atoms with van der Waals surface area (Å²) in [6.45, 7) is 0.898. The molecule has 0 fully saturated rings. The largest absolute Gasteiger partial charge is 0.309 e.